The van der Waals surface area contributed by atoms with Crippen molar-refractivity contribution in [1.82, 2.24) is 14.8 Å². The smallest absolute Gasteiger partial charge is 0.226 e. The first-order chi connectivity index (χ1) is 15.8. The molecule has 0 spiro atoms. The van der Waals surface area contributed by atoms with Crippen molar-refractivity contribution in [1.29, 1.82) is 0 Å². The zero-order valence-corrected chi connectivity index (χ0v) is 18.3. The molecule has 1 N–H and O–H groups in total. The average molecular weight is 445 g/mol. The second-order valence-corrected chi connectivity index (χ2v) is 8.51. The second kappa shape index (κ2) is 7.42. The van der Waals surface area contributed by atoms with Crippen LogP contribution in [0.4, 0.5) is 5.95 Å². The number of rotatable bonds is 4. The van der Waals surface area contributed by atoms with E-state index >= 15 is 0 Å². The maximum absolute atomic E-state index is 6.60. The molecule has 4 aromatic rings. The minimum atomic E-state index is -0.261. The minimum Gasteiger partial charge on any atom is -0.497 e. The molecule has 0 bridgehead atoms. The van der Waals surface area contributed by atoms with Crippen molar-refractivity contribution >= 4 is 23.0 Å². The Morgan fingerprint density at radius 1 is 1.03 bits per heavy atom. The summed E-state index contributed by atoms with van der Waals surface area (Å²) in [6.45, 7) is 0. The van der Waals surface area contributed by atoms with Crippen LogP contribution in [0.3, 0.4) is 0 Å². The number of hydrogen-bond donors (Lipinski definition) is 1. The van der Waals surface area contributed by atoms with Crippen molar-refractivity contribution in [2.75, 3.05) is 19.5 Å². The summed E-state index contributed by atoms with van der Waals surface area (Å²) in [6, 6.07) is 17.9. The van der Waals surface area contributed by atoms with Gasteiger partial charge in [0.05, 0.1) is 19.9 Å². The zero-order chi connectivity index (χ0) is 21.7. The van der Waals surface area contributed by atoms with Crippen molar-refractivity contribution in [3.8, 4) is 17.2 Å². The first kappa shape index (κ1) is 18.9. The number of nitrogens with zero attached hydrogens (tertiary/aromatic N) is 3. The number of fused-ring (bicyclic) bond motifs is 3. The molecule has 160 valence electrons. The van der Waals surface area contributed by atoms with Gasteiger partial charge in [0.25, 0.3) is 0 Å². The third-order valence-electron chi connectivity index (χ3n) is 5.85. The van der Waals surface area contributed by atoms with Crippen LogP contribution in [0.15, 0.2) is 71.9 Å². The molecule has 6 rings (SSSR count). The Morgan fingerprint density at radius 3 is 2.59 bits per heavy atom. The summed E-state index contributed by atoms with van der Waals surface area (Å²) in [5.74, 6) is 3.06. The van der Waals surface area contributed by atoms with Gasteiger partial charge in [0.1, 0.15) is 29.6 Å². The van der Waals surface area contributed by atoms with E-state index in [-0.39, 0.29) is 12.1 Å². The molecule has 0 radical (unpaired) electrons. The van der Waals surface area contributed by atoms with Crippen LogP contribution < -0.4 is 19.5 Å². The van der Waals surface area contributed by atoms with Crippen molar-refractivity contribution in [2.24, 2.45) is 0 Å². The molecule has 32 heavy (non-hydrogen) atoms. The van der Waals surface area contributed by atoms with E-state index in [2.05, 4.69) is 39.0 Å². The number of hydrogen-bond acceptors (Lipinski definition) is 7. The van der Waals surface area contributed by atoms with E-state index in [9.17, 15) is 0 Å². The quantitative estimate of drug-likeness (QED) is 0.482. The predicted molar refractivity (Wildman–Crippen MR) is 122 cm³/mol. The maximum atomic E-state index is 6.60. The molecule has 2 aliphatic heterocycles. The first-order valence-corrected chi connectivity index (χ1v) is 11.1. The van der Waals surface area contributed by atoms with Gasteiger partial charge in [0.15, 0.2) is 6.10 Å². The number of nitrogens with one attached hydrogen (secondary N) is 1. The molecule has 0 saturated carbocycles. The van der Waals surface area contributed by atoms with Crippen molar-refractivity contribution in [2.45, 2.75) is 12.1 Å². The topological polar surface area (TPSA) is 70.4 Å². The summed E-state index contributed by atoms with van der Waals surface area (Å²) in [6.07, 6.45) is 1.31. The highest BCUT2D eigenvalue weighted by molar-refractivity contribution is 7.10. The Balaban J connectivity index is 1.61. The van der Waals surface area contributed by atoms with Crippen molar-refractivity contribution < 1.29 is 14.2 Å². The van der Waals surface area contributed by atoms with Gasteiger partial charge in [-0.2, -0.15) is 10.1 Å². The Hall–Kier alpha value is -3.78. The average Bonchev–Trinajstić information content (AvgIpc) is 3.54. The number of methoxy groups -OCH3 is 2. The Kier molecular flexibility index (Phi) is 4.39. The van der Waals surface area contributed by atoms with Gasteiger partial charge in [-0.3, -0.25) is 0 Å². The largest absolute Gasteiger partial charge is 0.497 e. The number of anilines is 1. The highest BCUT2D eigenvalue weighted by atomic mass is 32.1. The highest BCUT2D eigenvalue weighted by Crippen LogP contribution is 2.51. The first-order valence-electron chi connectivity index (χ1n) is 10.2. The summed E-state index contributed by atoms with van der Waals surface area (Å²) in [7, 11) is 3.34. The van der Waals surface area contributed by atoms with Crippen LogP contribution >= 0.6 is 11.3 Å². The summed E-state index contributed by atoms with van der Waals surface area (Å²) in [5, 5.41) is 10.1. The predicted octanol–water partition coefficient (Wildman–Crippen LogP) is 4.92. The van der Waals surface area contributed by atoms with Gasteiger partial charge in [-0.05, 0) is 47.3 Å². The zero-order valence-electron chi connectivity index (χ0n) is 17.5. The van der Waals surface area contributed by atoms with Gasteiger partial charge in [-0.15, -0.1) is 11.3 Å². The summed E-state index contributed by atoms with van der Waals surface area (Å²) in [4.78, 5) is 5.60. The standard InChI is InChI=1S/C24H20N4O3S/c1-29-15-7-5-14(6-8-15)22-20-21(27-24-25-13-26-28(22)24)17-12-16(30-2)9-10-18(17)31-23(20)19-4-3-11-32-19/h3-13,22-23H,1-2H3,(H,25,26,27)/t22-,23+/m1/s1. The van der Waals surface area contributed by atoms with Gasteiger partial charge in [-0.25, -0.2) is 4.68 Å². The van der Waals surface area contributed by atoms with Gasteiger partial charge < -0.3 is 19.5 Å². The minimum absolute atomic E-state index is 0.193. The lowest BCUT2D eigenvalue weighted by Crippen LogP contribution is -2.32. The van der Waals surface area contributed by atoms with Crippen molar-refractivity contribution in [3.63, 3.8) is 0 Å². The fourth-order valence-corrected chi connectivity index (χ4v) is 5.13. The molecule has 2 aromatic heterocycles. The number of aromatic nitrogens is 3. The van der Waals surface area contributed by atoms with E-state index in [0.29, 0.717) is 5.95 Å². The van der Waals surface area contributed by atoms with Crippen LogP contribution in [0.25, 0.3) is 5.70 Å². The summed E-state index contributed by atoms with van der Waals surface area (Å²) >= 11 is 1.68. The maximum Gasteiger partial charge on any atom is 0.226 e. The van der Waals surface area contributed by atoms with E-state index in [0.717, 1.165) is 44.5 Å². The monoisotopic (exact) mass is 444 g/mol. The van der Waals surface area contributed by atoms with Crippen LogP contribution in [0.5, 0.6) is 17.2 Å². The van der Waals surface area contributed by atoms with Gasteiger partial charge >= 0.3 is 0 Å². The Bertz CT molecular complexity index is 1310. The lowest BCUT2D eigenvalue weighted by molar-refractivity contribution is 0.226. The van der Waals surface area contributed by atoms with E-state index in [1.165, 1.54) is 0 Å². The molecule has 0 unspecified atom stereocenters. The second-order valence-electron chi connectivity index (χ2n) is 7.53. The van der Waals surface area contributed by atoms with E-state index in [4.69, 9.17) is 14.2 Å². The molecule has 2 aromatic carbocycles. The molecule has 0 aliphatic carbocycles. The summed E-state index contributed by atoms with van der Waals surface area (Å²) in [5.41, 5.74) is 4.07. The third-order valence-corrected chi connectivity index (χ3v) is 6.77. The molecule has 4 heterocycles. The van der Waals surface area contributed by atoms with Crippen molar-refractivity contribution in [3.05, 3.63) is 87.9 Å². The number of ether oxygens (including phenoxy) is 3. The third kappa shape index (κ3) is 2.87. The molecule has 7 nitrogen and oxygen atoms in total. The number of benzene rings is 2. The fourth-order valence-electron chi connectivity index (χ4n) is 4.36. The van der Waals surface area contributed by atoms with E-state index in [1.54, 1.807) is 31.9 Å². The molecular formula is C24H20N4O3S. The lowest BCUT2D eigenvalue weighted by atomic mass is 9.86. The molecule has 0 saturated heterocycles. The molecule has 0 amide bonds. The van der Waals surface area contributed by atoms with Gasteiger partial charge in [0.2, 0.25) is 5.95 Å². The molecule has 2 aliphatic rings. The van der Waals surface area contributed by atoms with Crippen LogP contribution in [0, 0.1) is 0 Å². The summed E-state index contributed by atoms with van der Waals surface area (Å²) < 4.78 is 19.4. The van der Waals surface area contributed by atoms with Gasteiger partial charge in [-0.1, -0.05) is 18.2 Å². The highest BCUT2D eigenvalue weighted by Gasteiger charge is 2.41. The molecule has 2 atom stereocenters. The Labute approximate surface area is 188 Å². The van der Waals surface area contributed by atoms with Crippen LogP contribution in [-0.4, -0.2) is 29.0 Å². The van der Waals surface area contributed by atoms with E-state index < -0.39 is 0 Å². The molecular weight excluding hydrogens is 424 g/mol. The lowest BCUT2D eigenvalue weighted by Gasteiger charge is -2.38. The molecule has 8 heteroatoms. The van der Waals surface area contributed by atoms with E-state index in [1.807, 2.05) is 41.1 Å². The van der Waals surface area contributed by atoms with Gasteiger partial charge in [0, 0.05) is 16.0 Å². The fraction of sp³-hybridized carbons (Fsp3) is 0.167. The molecule has 0 fully saturated rings. The van der Waals surface area contributed by atoms with Crippen LogP contribution in [0.2, 0.25) is 0 Å². The van der Waals surface area contributed by atoms with Crippen LogP contribution in [0.1, 0.15) is 28.1 Å². The Morgan fingerprint density at radius 2 is 1.84 bits per heavy atom. The SMILES string of the molecule is COc1ccc([C@@H]2C3=C(Nc4ncnn42)c2cc(OC)ccc2O[C@H]3c2cccs2)cc1. The van der Waals surface area contributed by atoms with Crippen LogP contribution in [-0.2, 0) is 0 Å². The number of thiophene rings is 1. The normalized spacial score (nSPS) is 18.7.